The van der Waals surface area contributed by atoms with Crippen molar-refractivity contribution in [2.45, 2.75) is 6.92 Å². The molecule has 3 nitrogen and oxygen atoms in total. The van der Waals surface area contributed by atoms with Gasteiger partial charge in [0.1, 0.15) is 0 Å². The Morgan fingerprint density at radius 3 is 2.72 bits per heavy atom. The third kappa shape index (κ3) is 3.68. The molecule has 0 aliphatic carbocycles. The number of benzene rings is 1. The molecule has 1 N–H and O–H groups in total. The molecule has 0 bridgehead atoms. The van der Waals surface area contributed by atoms with Crippen molar-refractivity contribution in [3.05, 3.63) is 52.0 Å². The summed E-state index contributed by atoms with van der Waals surface area (Å²) in [7, 11) is 0. The summed E-state index contributed by atoms with van der Waals surface area (Å²) in [6.45, 7) is 1.88. The molecule has 0 aliphatic heterocycles. The first kappa shape index (κ1) is 12.8. The van der Waals surface area contributed by atoms with E-state index in [1.54, 1.807) is 18.2 Å². The van der Waals surface area contributed by atoms with E-state index in [-0.39, 0.29) is 5.91 Å². The summed E-state index contributed by atoms with van der Waals surface area (Å²) in [4.78, 5) is 15.8. The molecule has 0 saturated heterocycles. The molecule has 18 heavy (non-hydrogen) atoms. The van der Waals surface area contributed by atoms with Crippen LogP contribution in [0.5, 0.6) is 0 Å². The van der Waals surface area contributed by atoms with Crippen molar-refractivity contribution in [2.75, 3.05) is 5.32 Å². The van der Waals surface area contributed by atoms with E-state index in [4.69, 9.17) is 11.6 Å². The molecule has 1 amide bonds. The molecule has 0 atom stereocenters. The lowest BCUT2D eigenvalue weighted by molar-refractivity contribution is -0.111. The summed E-state index contributed by atoms with van der Waals surface area (Å²) in [5.74, 6) is -0.195. The van der Waals surface area contributed by atoms with Crippen molar-refractivity contribution < 1.29 is 4.79 Å². The third-order valence-corrected chi connectivity index (χ3v) is 3.27. The highest BCUT2D eigenvalue weighted by atomic mass is 35.5. The first-order valence-electron chi connectivity index (χ1n) is 5.30. The zero-order valence-electron chi connectivity index (χ0n) is 9.68. The molecule has 5 heteroatoms. The molecule has 0 saturated carbocycles. The van der Waals surface area contributed by atoms with Crippen LogP contribution in [0.25, 0.3) is 6.08 Å². The summed E-state index contributed by atoms with van der Waals surface area (Å²) in [6, 6.07) is 7.26. The lowest BCUT2D eigenvalue weighted by Gasteiger charge is -1.96. The fourth-order valence-electron chi connectivity index (χ4n) is 1.30. The summed E-state index contributed by atoms with van der Waals surface area (Å²) in [5, 5.41) is 5.87. The van der Waals surface area contributed by atoms with Gasteiger partial charge in [-0.1, -0.05) is 23.7 Å². The predicted molar refractivity (Wildman–Crippen MR) is 76.0 cm³/mol. The highest BCUT2D eigenvalue weighted by Gasteiger charge is 2.01. The number of nitrogens with one attached hydrogen (secondary N) is 1. The van der Waals surface area contributed by atoms with Crippen LogP contribution in [-0.2, 0) is 4.79 Å². The zero-order chi connectivity index (χ0) is 13.0. The maximum Gasteiger partial charge on any atom is 0.250 e. The van der Waals surface area contributed by atoms with E-state index in [0.29, 0.717) is 10.2 Å². The number of aromatic nitrogens is 1. The second-order valence-corrected chi connectivity index (χ2v) is 4.96. The maximum absolute atomic E-state index is 11.6. The van der Waals surface area contributed by atoms with Crippen molar-refractivity contribution in [3.63, 3.8) is 0 Å². The van der Waals surface area contributed by atoms with Gasteiger partial charge in [-0.05, 0) is 30.7 Å². The van der Waals surface area contributed by atoms with E-state index in [1.165, 1.54) is 17.4 Å². The number of hydrogen-bond donors (Lipinski definition) is 1. The number of halogens is 1. The van der Waals surface area contributed by atoms with E-state index in [9.17, 15) is 4.79 Å². The Bertz CT molecular complexity index is 575. The number of aryl methyl sites for hydroxylation is 1. The van der Waals surface area contributed by atoms with Crippen molar-refractivity contribution in [3.8, 4) is 0 Å². The molecule has 0 spiro atoms. The van der Waals surface area contributed by atoms with Gasteiger partial charge in [-0.25, -0.2) is 4.98 Å². The van der Waals surface area contributed by atoms with Gasteiger partial charge in [-0.15, -0.1) is 11.3 Å². The minimum Gasteiger partial charge on any atom is -0.298 e. The monoisotopic (exact) mass is 278 g/mol. The van der Waals surface area contributed by atoms with E-state index < -0.39 is 0 Å². The Labute approximate surface area is 114 Å². The quantitative estimate of drug-likeness (QED) is 0.869. The van der Waals surface area contributed by atoms with E-state index >= 15 is 0 Å². The average molecular weight is 279 g/mol. The second kappa shape index (κ2) is 5.80. The lowest BCUT2D eigenvalue weighted by Crippen LogP contribution is -2.07. The Morgan fingerprint density at radius 1 is 1.39 bits per heavy atom. The van der Waals surface area contributed by atoms with Crippen LogP contribution in [-0.4, -0.2) is 10.9 Å². The van der Waals surface area contributed by atoms with Gasteiger partial charge in [0.25, 0.3) is 0 Å². The van der Waals surface area contributed by atoms with Crippen molar-refractivity contribution in [1.29, 1.82) is 0 Å². The summed E-state index contributed by atoms with van der Waals surface area (Å²) in [6.07, 6.45) is 3.20. The third-order valence-electron chi connectivity index (χ3n) is 2.15. The van der Waals surface area contributed by atoms with Crippen LogP contribution in [0.15, 0.2) is 35.7 Å². The number of anilines is 1. The van der Waals surface area contributed by atoms with Crippen molar-refractivity contribution in [2.24, 2.45) is 0 Å². The van der Waals surface area contributed by atoms with Gasteiger partial charge in [0, 0.05) is 16.5 Å². The van der Waals surface area contributed by atoms with Gasteiger partial charge in [-0.3, -0.25) is 10.1 Å². The van der Waals surface area contributed by atoms with Crippen molar-refractivity contribution >= 4 is 40.1 Å². The minimum atomic E-state index is -0.195. The Morgan fingerprint density at radius 2 is 2.11 bits per heavy atom. The Hall–Kier alpha value is -1.65. The fourth-order valence-corrected chi connectivity index (χ4v) is 2.12. The van der Waals surface area contributed by atoms with Gasteiger partial charge >= 0.3 is 0 Å². The normalized spacial score (nSPS) is 10.8. The summed E-state index contributed by atoms with van der Waals surface area (Å²) >= 11 is 7.18. The van der Waals surface area contributed by atoms with Crippen LogP contribution in [0.4, 0.5) is 5.13 Å². The molecule has 1 aromatic heterocycles. The fraction of sp³-hybridized carbons (Fsp3) is 0.0769. The van der Waals surface area contributed by atoms with Crippen LogP contribution in [0.2, 0.25) is 5.02 Å². The molecule has 2 aromatic rings. The number of rotatable bonds is 3. The second-order valence-electron chi connectivity index (χ2n) is 3.67. The number of thiazole rings is 1. The lowest BCUT2D eigenvalue weighted by atomic mass is 10.2. The molecule has 0 unspecified atom stereocenters. The molecular formula is C13H11ClN2OS. The Kier molecular flexibility index (Phi) is 4.12. The average Bonchev–Trinajstić information content (AvgIpc) is 2.74. The summed E-state index contributed by atoms with van der Waals surface area (Å²) in [5.41, 5.74) is 1.82. The molecule has 0 fully saturated rings. The molecular weight excluding hydrogens is 268 g/mol. The smallest absolute Gasteiger partial charge is 0.250 e. The standard InChI is InChI=1S/C13H11ClN2OS/c1-9-8-18-13(15-9)16-12(17)7-4-10-2-5-11(14)6-3-10/h2-8H,1H3,(H,15,16,17)/b7-4+. The summed E-state index contributed by atoms with van der Waals surface area (Å²) < 4.78 is 0. The number of carbonyl (C=O) groups is 1. The number of nitrogens with zero attached hydrogens (tertiary/aromatic N) is 1. The first-order chi connectivity index (χ1) is 8.63. The van der Waals surface area contributed by atoms with Crippen LogP contribution in [0, 0.1) is 6.92 Å². The molecule has 0 radical (unpaired) electrons. The molecule has 1 heterocycles. The van der Waals surface area contributed by atoms with Crippen molar-refractivity contribution in [1.82, 2.24) is 4.98 Å². The van der Waals surface area contributed by atoms with Gasteiger partial charge in [0.05, 0.1) is 5.69 Å². The number of amides is 1. The molecule has 92 valence electrons. The first-order valence-corrected chi connectivity index (χ1v) is 6.56. The van der Waals surface area contributed by atoms with Gasteiger partial charge in [-0.2, -0.15) is 0 Å². The highest BCUT2D eigenvalue weighted by Crippen LogP contribution is 2.14. The number of carbonyl (C=O) groups excluding carboxylic acids is 1. The van der Waals surface area contributed by atoms with E-state index in [2.05, 4.69) is 10.3 Å². The van der Waals surface area contributed by atoms with Gasteiger partial charge < -0.3 is 0 Å². The predicted octanol–water partition coefficient (Wildman–Crippen LogP) is 3.76. The SMILES string of the molecule is Cc1csc(NC(=O)/C=C/c2ccc(Cl)cc2)n1. The van der Waals surface area contributed by atoms with Crippen LogP contribution < -0.4 is 5.32 Å². The van der Waals surface area contributed by atoms with Gasteiger partial charge in [0.15, 0.2) is 5.13 Å². The molecule has 2 rings (SSSR count). The highest BCUT2D eigenvalue weighted by molar-refractivity contribution is 7.13. The van der Waals surface area contributed by atoms with Crippen LogP contribution >= 0.6 is 22.9 Å². The van der Waals surface area contributed by atoms with E-state index in [1.807, 2.05) is 24.4 Å². The maximum atomic E-state index is 11.6. The topological polar surface area (TPSA) is 42.0 Å². The Balaban J connectivity index is 1.96. The van der Waals surface area contributed by atoms with Gasteiger partial charge in [0.2, 0.25) is 5.91 Å². The molecule has 0 aliphatic rings. The van der Waals surface area contributed by atoms with Crippen LogP contribution in [0.1, 0.15) is 11.3 Å². The molecule has 1 aromatic carbocycles. The largest absolute Gasteiger partial charge is 0.298 e. The minimum absolute atomic E-state index is 0.195. The van der Waals surface area contributed by atoms with E-state index in [0.717, 1.165) is 11.3 Å². The number of hydrogen-bond acceptors (Lipinski definition) is 3. The van der Waals surface area contributed by atoms with Crippen LogP contribution in [0.3, 0.4) is 0 Å². The zero-order valence-corrected chi connectivity index (χ0v) is 11.3.